The third kappa shape index (κ3) is 2.12. The topological polar surface area (TPSA) is 66.8 Å². The number of carboxylic acid groups (broad SMARTS) is 1. The van der Waals surface area contributed by atoms with Crippen LogP contribution in [0.1, 0.15) is 19.3 Å². The van der Waals surface area contributed by atoms with Crippen LogP contribution in [0, 0.1) is 5.92 Å². The van der Waals surface area contributed by atoms with E-state index in [-0.39, 0.29) is 12.0 Å². The quantitative estimate of drug-likeness (QED) is 0.706. The Morgan fingerprint density at radius 2 is 2.13 bits per heavy atom. The Morgan fingerprint density at radius 1 is 1.33 bits per heavy atom. The van der Waals surface area contributed by atoms with Crippen molar-refractivity contribution in [3.63, 3.8) is 0 Å². The maximum absolute atomic E-state index is 11.8. The van der Waals surface area contributed by atoms with E-state index in [1.165, 1.54) is 0 Å². The zero-order valence-corrected chi connectivity index (χ0v) is 8.52. The second kappa shape index (κ2) is 4.18. The maximum atomic E-state index is 11.8. The average Bonchev–Trinajstić information content (AvgIpc) is 2.88. The van der Waals surface area contributed by atoms with E-state index in [9.17, 15) is 9.59 Å². The van der Waals surface area contributed by atoms with E-state index < -0.39 is 11.9 Å². The van der Waals surface area contributed by atoms with Crippen LogP contribution in [0.15, 0.2) is 0 Å². The normalized spacial score (nSPS) is 30.8. The first-order valence-electron chi connectivity index (χ1n) is 5.31. The van der Waals surface area contributed by atoms with Crippen LogP contribution in [-0.2, 0) is 14.3 Å². The first kappa shape index (κ1) is 10.4. The average molecular weight is 213 g/mol. The molecule has 0 aromatic rings. The third-order valence-electron chi connectivity index (χ3n) is 3.05. The molecular weight excluding hydrogens is 198 g/mol. The van der Waals surface area contributed by atoms with Crippen LogP contribution in [0.2, 0.25) is 0 Å². The molecule has 2 heterocycles. The summed E-state index contributed by atoms with van der Waals surface area (Å²) in [5, 5.41) is 8.81. The van der Waals surface area contributed by atoms with Crippen molar-refractivity contribution in [2.45, 2.75) is 25.4 Å². The zero-order valence-electron chi connectivity index (χ0n) is 8.52. The van der Waals surface area contributed by atoms with Crippen LogP contribution >= 0.6 is 0 Å². The lowest BCUT2D eigenvalue weighted by atomic mass is 10.1. The van der Waals surface area contributed by atoms with E-state index in [1.807, 2.05) is 0 Å². The molecule has 0 aromatic carbocycles. The molecule has 5 nitrogen and oxygen atoms in total. The van der Waals surface area contributed by atoms with Gasteiger partial charge in [0.05, 0.1) is 5.92 Å². The predicted molar refractivity (Wildman–Crippen MR) is 51.3 cm³/mol. The van der Waals surface area contributed by atoms with Gasteiger partial charge in [-0.1, -0.05) is 0 Å². The number of carbonyl (C=O) groups excluding carboxylic acids is 1. The summed E-state index contributed by atoms with van der Waals surface area (Å²) in [7, 11) is 0. The van der Waals surface area contributed by atoms with Gasteiger partial charge in [0, 0.05) is 19.7 Å². The molecule has 0 bridgehead atoms. The number of nitrogens with zero attached hydrogens (tertiary/aromatic N) is 1. The van der Waals surface area contributed by atoms with Crippen LogP contribution in [0.5, 0.6) is 0 Å². The van der Waals surface area contributed by atoms with Crippen LogP contribution in [0.25, 0.3) is 0 Å². The molecule has 84 valence electrons. The number of rotatable bonds is 2. The largest absolute Gasteiger partial charge is 0.481 e. The highest BCUT2D eigenvalue weighted by Gasteiger charge is 2.35. The SMILES string of the molecule is O=C(O)[C@H]1CCN(C(=O)[C@H]2CCCO2)C1. The summed E-state index contributed by atoms with van der Waals surface area (Å²) in [6.45, 7) is 1.54. The van der Waals surface area contributed by atoms with Crippen molar-refractivity contribution in [2.24, 2.45) is 5.92 Å². The van der Waals surface area contributed by atoms with E-state index in [0.29, 0.717) is 26.1 Å². The van der Waals surface area contributed by atoms with Crippen molar-refractivity contribution in [1.29, 1.82) is 0 Å². The van der Waals surface area contributed by atoms with E-state index in [2.05, 4.69) is 0 Å². The molecule has 0 aliphatic carbocycles. The molecule has 0 radical (unpaired) electrons. The van der Waals surface area contributed by atoms with E-state index in [1.54, 1.807) is 4.90 Å². The number of likely N-dealkylation sites (tertiary alicyclic amines) is 1. The molecule has 0 saturated carbocycles. The van der Waals surface area contributed by atoms with Crippen molar-refractivity contribution in [3.8, 4) is 0 Å². The van der Waals surface area contributed by atoms with Gasteiger partial charge in [-0.2, -0.15) is 0 Å². The standard InChI is InChI=1S/C10H15NO4/c12-9(8-2-1-5-15-8)11-4-3-7(6-11)10(13)14/h7-8H,1-6H2,(H,13,14)/t7-,8+/m0/s1. The monoisotopic (exact) mass is 213 g/mol. The molecule has 0 unspecified atom stereocenters. The van der Waals surface area contributed by atoms with Crippen molar-refractivity contribution in [3.05, 3.63) is 0 Å². The lowest BCUT2D eigenvalue weighted by molar-refractivity contribution is -0.142. The highest BCUT2D eigenvalue weighted by atomic mass is 16.5. The molecule has 2 fully saturated rings. The summed E-state index contributed by atoms with van der Waals surface area (Å²) in [5.41, 5.74) is 0. The van der Waals surface area contributed by atoms with Crippen LogP contribution < -0.4 is 0 Å². The van der Waals surface area contributed by atoms with Crippen molar-refractivity contribution in [1.82, 2.24) is 4.90 Å². The zero-order chi connectivity index (χ0) is 10.8. The summed E-state index contributed by atoms with van der Waals surface area (Å²) in [5.74, 6) is -1.23. The van der Waals surface area contributed by atoms with Gasteiger partial charge in [0.1, 0.15) is 6.10 Å². The Balaban J connectivity index is 1.89. The number of amides is 1. The van der Waals surface area contributed by atoms with Gasteiger partial charge in [-0.05, 0) is 19.3 Å². The Morgan fingerprint density at radius 3 is 2.67 bits per heavy atom. The minimum Gasteiger partial charge on any atom is -0.481 e. The molecule has 0 aromatic heterocycles. The molecular formula is C10H15NO4. The third-order valence-corrected chi connectivity index (χ3v) is 3.05. The van der Waals surface area contributed by atoms with Gasteiger partial charge < -0.3 is 14.7 Å². The first-order chi connectivity index (χ1) is 7.18. The molecule has 2 aliphatic rings. The van der Waals surface area contributed by atoms with Gasteiger partial charge in [-0.25, -0.2) is 0 Å². The van der Waals surface area contributed by atoms with Gasteiger partial charge in [-0.15, -0.1) is 0 Å². The molecule has 2 aliphatic heterocycles. The Hall–Kier alpha value is -1.10. The Kier molecular flexibility index (Phi) is 2.90. The van der Waals surface area contributed by atoms with E-state index >= 15 is 0 Å². The fourth-order valence-electron chi connectivity index (χ4n) is 2.14. The van der Waals surface area contributed by atoms with E-state index in [4.69, 9.17) is 9.84 Å². The second-order valence-corrected chi connectivity index (χ2v) is 4.11. The summed E-state index contributed by atoms with van der Waals surface area (Å²) in [6.07, 6.45) is 1.94. The van der Waals surface area contributed by atoms with Crippen molar-refractivity contribution in [2.75, 3.05) is 19.7 Å². The lowest BCUT2D eigenvalue weighted by Crippen LogP contribution is -2.37. The second-order valence-electron chi connectivity index (χ2n) is 4.11. The lowest BCUT2D eigenvalue weighted by Gasteiger charge is -2.19. The molecule has 2 saturated heterocycles. The minimum absolute atomic E-state index is 0.0312. The molecule has 15 heavy (non-hydrogen) atoms. The molecule has 0 spiro atoms. The van der Waals surface area contributed by atoms with Crippen LogP contribution in [0.3, 0.4) is 0 Å². The summed E-state index contributed by atoms with van der Waals surface area (Å²) < 4.78 is 5.28. The van der Waals surface area contributed by atoms with E-state index in [0.717, 1.165) is 12.8 Å². The van der Waals surface area contributed by atoms with Gasteiger partial charge in [-0.3, -0.25) is 9.59 Å². The summed E-state index contributed by atoms with van der Waals surface area (Å²) in [4.78, 5) is 24.2. The molecule has 5 heteroatoms. The molecule has 1 amide bonds. The number of carboxylic acids is 1. The summed E-state index contributed by atoms with van der Waals surface area (Å²) >= 11 is 0. The van der Waals surface area contributed by atoms with Crippen LogP contribution in [-0.4, -0.2) is 47.7 Å². The fourth-order valence-corrected chi connectivity index (χ4v) is 2.14. The minimum atomic E-state index is -0.808. The Bertz CT molecular complexity index is 273. The number of carbonyl (C=O) groups is 2. The van der Waals surface area contributed by atoms with Gasteiger partial charge >= 0.3 is 5.97 Å². The Labute approximate surface area is 88.0 Å². The maximum Gasteiger partial charge on any atom is 0.308 e. The molecule has 1 N–H and O–H groups in total. The van der Waals surface area contributed by atoms with Crippen molar-refractivity contribution < 1.29 is 19.4 Å². The predicted octanol–water partition coefficient (Wildman–Crippen LogP) is 0.0985. The van der Waals surface area contributed by atoms with Crippen LogP contribution in [0.4, 0.5) is 0 Å². The highest BCUT2D eigenvalue weighted by Crippen LogP contribution is 2.21. The van der Waals surface area contributed by atoms with Gasteiger partial charge in [0.25, 0.3) is 5.91 Å². The smallest absolute Gasteiger partial charge is 0.308 e. The molecule has 2 rings (SSSR count). The van der Waals surface area contributed by atoms with Gasteiger partial charge in [0.2, 0.25) is 0 Å². The summed E-state index contributed by atoms with van der Waals surface area (Å²) in [6, 6.07) is 0. The molecule has 2 atom stereocenters. The number of hydrogen-bond acceptors (Lipinski definition) is 3. The number of ether oxygens (including phenoxy) is 1. The van der Waals surface area contributed by atoms with Crippen molar-refractivity contribution >= 4 is 11.9 Å². The van der Waals surface area contributed by atoms with Gasteiger partial charge in [0.15, 0.2) is 0 Å². The number of aliphatic carboxylic acids is 1. The highest BCUT2D eigenvalue weighted by molar-refractivity contribution is 5.82. The fraction of sp³-hybridized carbons (Fsp3) is 0.800. The number of hydrogen-bond donors (Lipinski definition) is 1. The first-order valence-corrected chi connectivity index (χ1v) is 5.31.